The van der Waals surface area contributed by atoms with Crippen LogP contribution in [0.5, 0.6) is 0 Å². The Morgan fingerprint density at radius 2 is 1.78 bits per heavy atom. The van der Waals surface area contributed by atoms with Crippen molar-refractivity contribution in [2.75, 3.05) is 26.7 Å². The van der Waals surface area contributed by atoms with Gasteiger partial charge in [0, 0.05) is 19.6 Å². The van der Waals surface area contributed by atoms with E-state index in [4.69, 9.17) is 0 Å². The fraction of sp³-hybridized carbons (Fsp3) is 0.364. The van der Waals surface area contributed by atoms with Gasteiger partial charge in [0.2, 0.25) is 5.91 Å². The number of hydrogen-bond donors (Lipinski definition) is 1. The molecule has 5 nitrogen and oxygen atoms in total. The van der Waals surface area contributed by atoms with Gasteiger partial charge in [-0.2, -0.15) is 0 Å². The van der Waals surface area contributed by atoms with Gasteiger partial charge in [-0.1, -0.05) is 60.2 Å². The van der Waals surface area contributed by atoms with Crippen molar-refractivity contribution >= 4 is 11.9 Å². The van der Waals surface area contributed by atoms with E-state index >= 15 is 0 Å². The normalized spacial score (nSPS) is 19.4. The minimum absolute atomic E-state index is 0.0244. The van der Waals surface area contributed by atoms with E-state index < -0.39 is 11.4 Å². The van der Waals surface area contributed by atoms with E-state index in [1.807, 2.05) is 49.2 Å². The van der Waals surface area contributed by atoms with Crippen LogP contribution in [0, 0.1) is 6.92 Å². The van der Waals surface area contributed by atoms with Crippen molar-refractivity contribution in [3.63, 3.8) is 0 Å². The summed E-state index contributed by atoms with van der Waals surface area (Å²) in [5, 5.41) is 9.87. The maximum absolute atomic E-state index is 12.7. The van der Waals surface area contributed by atoms with Gasteiger partial charge in [-0.15, -0.1) is 0 Å². The van der Waals surface area contributed by atoms with Gasteiger partial charge < -0.3 is 10.0 Å². The molecule has 0 spiro atoms. The van der Waals surface area contributed by atoms with Gasteiger partial charge in [0.25, 0.3) is 0 Å². The molecular weight excluding hydrogens is 340 g/mol. The number of carbonyl (C=O) groups is 2. The van der Waals surface area contributed by atoms with Gasteiger partial charge in [0.15, 0.2) is 0 Å². The summed E-state index contributed by atoms with van der Waals surface area (Å²) in [5.41, 5.74) is 2.12. The molecule has 1 amide bonds. The standard InChI is InChI=1S/C22H26N2O3/c1-17-8-10-18(11-9-17)14-23(2)15-20(25)24-13-12-22(16-24,21(26)27)19-6-4-3-5-7-19/h3-11H,12-16H2,1-2H3,(H,26,27)/t22-/m1/s1. The Hall–Kier alpha value is -2.66. The molecule has 2 aromatic rings. The topological polar surface area (TPSA) is 60.9 Å². The second-order valence-corrected chi connectivity index (χ2v) is 7.48. The number of benzene rings is 2. The molecular formula is C22H26N2O3. The first kappa shape index (κ1) is 19.1. The van der Waals surface area contributed by atoms with E-state index in [0.717, 1.165) is 11.1 Å². The van der Waals surface area contributed by atoms with Crippen LogP contribution in [0.2, 0.25) is 0 Å². The van der Waals surface area contributed by atoms with Crippen LogP contribution in [0.1, 0.15) is 23.1 Å². The number of aliphatic carboxylic acids is 1. The summed E-state index contributed by atoms with van der Waals surface area (Å²) in [6.07, 6.45) is 0.444. The zero-order chi connectivity index (χ0) is 19.4. The van der Waals surface area contributed by atoms with E-state index in [9.17, 15) is 14.7 Å². The van der Waals surface area contributed by atoms with Crippen molar-refractivity contribution in [2.45, 2.75) is 25.3 Å². The van der Waals surface area contributed by atoms with Crippen molar-refractivity contribution < 1.29 is 14.7 Å². The number of hydrogen-bond acceptors (Lipinski definition) is 3. The van der Waals surface area contributed by atoms with Crippen LogP contribution in [0.4, 0.5) is 0 Å². The zero-order valence-corrected chi connectivity index (χ0v) is 15.9. The molecule has 1 fully saturated rings. The molecule has 0 bridgehead atoms. The summed E-state index contributed by atoms with van der Waals surface area (Å²) in [4.78, 5) is 28.4. The Morgan fingerprint density at radius 3 is 2.41 bits per heavy atom. The first-order valence-electron chi connectivity index (χ1n) is 9.21. The quantitative estimate of drug-likeness (QED) is 0.854. The fourth-order valence-corrected chi connectivity index (χ4v) is 3.71. The number of nitrogens with zero attached hydrogens (tertiary/aromatic N) is 2. The number of carbonyl (C=O) groups excluding carboxylic acids is 1. The number of likely N-dealkylation sites (N-methyl/N-ethyl adjacent to an activating group) is 1. The summed E-state index contributed by atoms with van der Waals surface area (Å²) in [5.74, 6) is -0.888. The predicted molar refractivity (Wildman–Crippen MR) is 104 cm³/mol. The van der Waals surface area contributed by atoms with Crippen molar-refractivity contribution in [1.82, 2.24) is 9.80 Å². The van der Waals surface area contributed by atoms with Crippen LogP contribution < -0.4 is 0 Å². The van der Waals surface area contributed by atoms with Crippen molar-refractivity contribution in [1.29, 1.82) is 0 Å². The zero-order valence-electron chi connectivity index (χ0n) is 15.9. The van der Waals surface area contributed by atoms with Crippen LogP contribution in [0.25, 0.3) is 0 Å². The number of amides is 1. The van der Waals surface area contributed by atoms with Gasteiger partial charge in [-0.3, -0.25) is 14.5 Å². The molecule has 2 aromatic carbocycles. The van der Waals surface area contributed by atoms with Gasteiger partial charge in [-0.05, 0) is 31.5 Å². The number of carboxylic acids is 1. The van der Waals surface area contributed by atoms with E-state index in [2.05, 4.69) is 24.3 Å². The minimum Gasteiger partial charge on any atom is -0.481 e. The van der Waals surface area contributed by atoms with E-state index in [1.54, 1.807) is 4.90 Å². The maximum Gasteiger partial charge on any atom is 0.316 e. The average Bonchev–Trinajstić information content (AvgIpc) is 3.11. The number of likely N-dealkylation sites (tertiary alicyclic amines) is 1. The molecule has 1 atom stereocenters. The monoisotopic (exact) mass is 366 g/mol. The van der Waals surface area contributed by atoms with Crippen molar-refractivity contribution in [3.05, 3.63) is 71.3 Å². The van der Waals surface area contributed by atoms with Crippen LogP contribution in [0.15, 0.2) is 54.6 Å². The third kappa shape index (κ3) is 4.19. The van der Waals surface area contributed by atoms with Gasteiger partial charge in [0.05, 0.1) is 6.54 Å². The molecule has 1 saturated heterocycles. The highest BCUT2D eigenvalue weighted by Gasteiger charge is 2.47. The van der Waals surface area contributed by atoms with Gasteiger partial charge in [-0.25, -0.2) is 0 Å². The molecule has 27 heavy (non-hydrogen) atoms. The lowest BCUT2D eigenvalue weighted by Gasteiger charge is -2.26. The molecule has 142 valence electrons. The Kier molecular flexibility index (Phi) is 5.61. The van der Waals surface area contributed by atoms with Crippen LogP contribution >= 0.6 is 0 Å². The van der Waals surface area contributed by atoms with E-state index in [0.29, 0.717) is 19.5 Å². The van der Waals surface area contributed by atoms with Crippen molar-refractivity contribution in [2.24, 2.45) is 0 Å². The SMILES string of the molecule is Cc1ccc(CN(C)CC(=O)N2CC[C@](C(=O)O)(c3ccccc3)C2)cc1. The largest absolute Gasteiger partial charge is 0.481 e. The minimum atomic E-state index is -1.01. The molecule has 0 radical (unpaired) electrons. The second-order valence-electron chi connectivity index (χ2n) is 7.48. The van der Waals surface area contributed by atoms with Gasteiger partial charge >= 0.3 is 5.97 Å². The summed E-state index contributed by atoms with van der Waals surface area (Å²) in [7, 11) is 1.91. The molecule has 5 heteroatoms. The first-order chi connectivity index (χ1) is 12.9. The summed E-state index contributed by atoms with van der Waals surface area (Å²) < 4.78 is 0. The molecule has 1 heterocycles. The summed E-state index contributed by atoms with van der Waals surface area (Å²) in [6, 6.07) is 17.5. The lowest BCUT2D eigenvalue weighted by Crippen LogP contribution is -2.42. The number of aryl methyl sites for hydroxylation is 1. The molecule has 1 N–H and O–H groups in total. The summed E-state index contributed by atoms with van der Waals surface area (Å²) >= 11 is 0. The smallest absolute Gasteiger partial charge is 0.316 e. The number of carboxylic acid groups (broad SMARTS) is 1. The predicted octanol–water partition coefficient (Wildman–Crippen LogP) is 2.68. The third-order valence-corrected chi connectivity index (χ3v) is 5.34. The van der Waals surface area contributed by atoms with Gasteiger partial charge in [0.1, 0.15) is 5.41 Å². The molecule has 1 aliphatic rings. The van der Waals surface area contributed by atoms with Crippen LogP contribution in [-0.4, -0.2) is 53.5 Å². The number of rotatable bonds is 6. The highest BCUT2D eigenvalue weighted by molar-refractivity contribution is 5.85. The molecule has 0 aliphatic carbocycles. The van der Waals surface area contributed by atoms with E-state index in [-0.39, 0.29) is 19.0 Å². The maximum atomic E-state index is 12.7. The highest BCUT2D eigenvalue weighted by Crippen LogP contribution is 2.35. The lowest BCUT2D eigenvalue weighted by atomic mass is 9.80. The second kappa shape index (κ2) is 7.92. The van der Waals surface area contributed by atoms with E-state index in [1.165, 1.54) is 5.56 Å². The Labute approximate surface area is 160 Å². The van der Waals surface area contributed by atoms with Crippen LogP contribution in [-0.2, 0) is 21.5 Å². The van der Waals surface area contributed by atoms with Crippen molar-refractivity contribution in [3.8, 4) is 0 Å². The molecule has 1 aliphatic heterocycles. The van der Waals surface area contributed by atoms with Crippen LogP contribution in [0.3, 0.4) is 0 Å². The fourth-order valence-electron chi connectivity index (χ4n) is 3.71. The molecule has 0 unspecified atom stereocenters. The summed E-state index contributed by atoms with van der Waals surface area (Å²) in [6.45, 7) is 3.70. The Bertz CT molecular complexity index is 804. The highest BCUT2D eigenvalue weighted by atomic mass is 16.4. The third-order valence-electron chi connectivity index (χ3n) is 5.34. The first-order valence-corrected chi connectivity index (χ1v) is 9.21. The molecule has 0 saturated carbocycles. The lowest BCUT2D eigenvalue weighted by molar-refractivity contribution is -0.143. The Balaban J connectivity index is 1.64. The molecule has 3 rings (SSSR count). The molecule has 0 aromatic heterocycles. The Morgan fingerprint density at radius 1 is 1.11 bits per heavy atom. The average molecular weight is 366 g/mol.